The van der Waals surface area contributed by atoms with Gasteiger partial charge in [0.1, 0.15) is 11.9 Å². The Morgan fingerprint density at radius 2 is 2.24 bits per heavy atom. The predicted molar refractivity (Wildman–Crippen MR) is 85.0 cm³/mol. The van der Waals surface area contributed by atoms with Crippen LogP contribution >= 0.6 is 0 Å². The Bertz CT molecular complexity index is 689. The maximum Gasteiger partial charge on any atom is 0.147 e. The molecule has 3 rings (SSSR count). The van der Waals surface area contributed by atoms with Crippen molar-refractivity contribution in [2.45, 2.75) is 13.3 Å². The summed E-state index contributed by atoms with van der Waals surface area (Å²) in [6.07, 6.45) is 1.10. The zero-order valence-electron chi connectivity index (χ0n) is 12.3. The van der Waals surface area contributed by atoms with Crippen LogP contribution in [0.5, 0.6) is 0 Å². The molecule has 0 spiro atoms. The van der Waals surface area contributed by atoms with Crippen LogP contribution in [0, 0.1) is 23.2 Å². The highest BCUT2D eigenvalue weighted by molar-refractivity contribution is 5.83. The molecule has 0 saturated carbocycles. The van der Waals surface area contributed by atoms with Crippen LogP contribution in [0.1, 0.15) is 18.9 Å². The first-order chi connectivity index (χ1) is 10.2. The average molecular weight is 280 g/mol. The summed E-state index contributed by atoms with van der Waals surface area (Å²) >= 11 is 0. The number of pyridine rings is 1. The summed E-state index contributed by atoms with van der Waals surface area (Å²) < 4.78 is 0. The maximum atomic E-state index is 9.44. The fourth-order valence-corrected chi connectivity index (χ4v) is 3.08. The Kier molecular flexibility index (Phi) is 3.76. The molecule has 1 aliphatic heterocycles. The molecule has 2 aromatic rings. The third-order valence-electron chi connectivity index (χ3n) is 4.54. The molecule has 1 aromatic heterocycles. The summed E-state index contributed by atoms with van der Waals surface area (Å²) in [4.78, 5) is 6.95. The molecule has 0 bridgehead atoms. The van der Waals surface area contributed by atoms with E-state index >= 15 is 0 Å². The lowest BCUT2D eigenvalue weighted by molar-refractivity contribution is 0.307. The van der Waals surface area contributed by atoms with Gasteiger partial charge in [0.05, 0.1) is 11.1 Å². The molecular formula is C17H20N4. The summed E-state index contributed by atoms with van der Waals surface area (Å²) in [5.41, 5.74) is 7.47. The maximum absolute atomic E-state index is 9.44. The number of nitriles is 1. The van der Waals surface area contributed by atoms with Crippen molar-refractivity contribution in [3.05, 3.63) is 35.9 Å². The molecule has 21 heavy (non-hydrogen) atoms. The minimum atomic E-state index is 0.471. The monoisotopic (exact) mass is 280 g/mol. The van der Waals surface area contributed by atoms with Gasteiger partial charge in [-0.05, 0) is 36.9 Å². The van der Waals surface area contributed by atoms with Gasteiger partial charge in [-0.1, -0.05) is 25.1 Å². The second kappa shape index (κ2) is 5.71. The number of aromatic nitrogens is 1. The Labute approximate surface area is 125 Å². The third kappa shape index (κ3) is 2.57. The van der Waals surface area contributed by atoms with E-state index in [1.807, 2.05) is 30.3 Å². The quantitative estimate of drug-likeness (QED) is 0.918. The van der Waals surface area contributed by atoms with Crippen LogP contribution in [0.4, 0.5) is 5.82 Å². The fraction of sp³-hybridized carbons (Fsp3) is 0.412. The molecule has 4 nitrogen and oxygen atoms in total. The average Bonchev–Trinajstić information content (AvgIpc) is 2.54. The van der Waals surface area contributed by atoms with E-state index in [9.17, 15) is 5.26 Å². The van der Waals surface area contributed by atoms with Crippen molar-refractivity contribution < 1.29 is 0 Å². The third-order valence-corrected chi connectivity index (χ3v) is 4.54. The molecule has 1 fully saturated rings. The van der Waals surface area contributed by atoms with Gasteiger partial charge in [0.2, 0.25) is 0 Å². The first-order valence-electron chi connectivity index (χ1n) is 7.48. The van der Waals surface area contributed by atoms with E-state index in [-0.39, 0.29) is 0 Å². The van der Waals surface area contributed by atoms with Crippen LogP contribution in [-0.4, -0.2) is 24.6 Å². The van der Waals surface area contributed by atoms with E-state index in [0.717, 1.165) is 36.2 Å². The van der Waals surface area contributed by atoms with Gasteiger partial charge in [0, 0.05) is 18.5 Å². The second-order valence-corrected chi connectivity index (χ2v) is 5.87. The summed E-state index contributed by atoms with van der Waals surface area (Å²) in [6.45, 7) is 4.77. The summed E-state index contributed by atoms with van der Waals surface area (Å²) in [6, 6.07) is 12.2. The lowest BCUT2D eigenvalue weighted by Gasteiger charge is -2.37. The number of piperidine rings is 1. The highest BCUT2D eigenvalue weighted by atomic mass is 15.2. The van der Waals surface area contributed by atoms with Crippen molar-refractivity contribution in [1.82, 2.24) is 4.98 Å². The molecule has 0 radical (unpaired) electrons. The van der Waals surface area contributed by atoms with Gasteiger partial charge in [-0.25, -0.2) is 4.98 Å². The molecule has 2 N–H and O–H groups in total. The van der Waals surface area contributed by atoms with Crippen molar-refractivity contribution in [2.75, 3.05) is 24.5 Å². The zero-order chi connectivity index (χ0) is 14.8. The van der Waals surface area contributed by atoms with Crippen LogP contribution in [0.25, 0.3) is 10.9 Å². The molecule has 2 heterocycles. The van der Waals surface area contributed by atoms with Gasteiger partial charge >= 0.3 is 0 Å². The van der Waals surface area contributed by atoms with Gasteiger partial charge in [-0.3, -0.25) is 0 Å². The molecule has 1 saturated heterocycles. The van der Waals surface area contributed by atoms with Gasteiger partial charge in [-0.15, -0.1) is 0 Å². The smallest absolute Gasteiger partial charge is 0.147 e. The molecule has 0 amide bonds. The van der Waals surface area contributed by atoms with Crippen LogP contribution in [0.3, 0.4) is 0 Å². The van der Waals surface area contributed by atoms with E-state index in [2.05, 4.69) is 17.9 Å². The van der Waals surface area contributed by atoms with Gasteiger partial charge in [0.25, 0.3) is 0 Å². The SMILES string of the molecule is CC1CCN(c2nc3ccccc3cc2C#N)CC1CN. The molecule has 1 aromatic carbocycles. The predicted octanol–water partition coefficient (Wildman–Crippen LogP) is 2.53. The van der Waals surface area contributed by atoms with Crippen LogP contribution in [0.15, 0.2) is 30.3 Å². The second-order valence-electron chi connectivity index (χ2n) is 5.87. The number of anilines is 1. The Balaban J connectivity index is 2.01. The van der Waals surface area contributed by atoms with E-state index in [1.165, 1.54) is 0 Å². The highest BCUT2D eigenvalue weighted by Gasteiger charge is 2.27. The minimum absolute atomic E-state index is 0.471. The molecular weight excluding hydrogens is 260 g/mol. The largest absolute Gasteiger partial charge is 0.355 e. The zero-order valence-corrected chi connectivity index (χ0v) is 12.3. The Hall–Kier alpha value is -2.12. The molecule has 0 aliphatic carbocycles. The van der Waals surface area contributed by atoms with Gasteiger partial charge in [-0.2, -0.15) is 5.26 Å². The molecule has 2 unspecified atom stereocenters. The van der Waals surface area contributed by atoms with E-state index in [4.69, 9.17) is 10.7 Å². The first-order valence-corrected chi connectivity index (χ1v) is 7.48. The van der Waals surface area contributed by atoms with E-state index in [0.29, 0.717) is 23.9 Å². The summed E-state index contributed by atoms with van der Waals surface area (Å²) in [7, 11) is 0. The summed E-state index contributed by atoms with van der Waals surface area (Å²) in [5.74, 6) is 1.91. The number of hydrogen-bond acceptors (Lipinski definition) is 4. The number of nitrogens with two attached hydrogens (primary N) is 1. The van der Waals surface area contributed by atoms with Crippen molar-refractivity contribution in [2.24, 2.45) is 17.6 Å². The van der Waals surface area contributed by atoms with Gasteiger partial charge < -0.3 is 10.6 Å². The van der Waals surface area contributed by atoms with Crippen LogP contribution in [0.2, 0.25) is 0 Å². The van der Waals surface area contributed by atoms with Crippen molar-refractivity contribution in [3.63, 3.8) is 0 Å². The van der Waals surface area contributed by atoms with Crippen LogP contribution in [-0.2, 0) is 0 Å². The number of rotatable bonds is 2. The number of benzene rings is 1. The van der Waals surface area contributed by atoms with Crippen molar-refractivity contribution in [3.8, 4) is 6.07 Å². The molecule has 4 heteroatoms. The topological polar surface area (TPSA) is 65.9 Å². The summed E-state index contributed by atoms with van der Waals surface area (Å²) in [5, 5.41) is 10.5. The fourth-order valence-electron chi connectivity index (χ4n) is 3.08. The number of nitrogens with zero attached hydrogens (tertiary/aromatic N) is 3. The number of para-hydroxylation sites is 1. The normalized spacial score (nSPS) is 22.2. The minimum Gasteiger partial charge on any atom is -0.355 e. The Morgan fingerprint density at radius 3 is 3.00 bits per heavy atom. The number of fused-ring (bicyclic) bond motifs is 1. The molecule has 1 aliphatic rings. The van der Waals surface area contributed by atoms with Crippen molar-refractivity contribution in [1.29, 1.82) is 5.26 Å². The first kappa shape index (κ1) is 13.8. The lowest BCUT2D eigenvalue weighted by Crippen LogP contribution is -2.43. The number of hydrogen-bond donors (Lipinski definition) is 1. The standard InChI is InChI=1S/C17H20N4/c1-12-6-7-21(11-15(12)10-19)17-14(9-18)8-13-4-2-3-5-16(13)20-17/h2-5,8,12,15H,6-7,10-11,19H2,1H3. The van der Waals surface area contributed by atoms with E-state index < -0.39 is 0 Å². The van der Waals surface area contributed by atoms with Gasteiger partial charge in [0.15, 0.2) is 0 Å². The van der Waals surface area contributed by atoms with Crippen molar-refractivity contribution >= 4 is 16.7 Å². The Morgan fingerprint density at radius 1 is 1.43 bits per heavy atom. The highest BCUT2D eigenvalue weighted by Crippen LogP contribution is 2.29. The molecule has 108 valence electrons. The van der Waals surface area contributed by atoms with Crippen LogP contribution < -0.4 is 10.6 Å². The van der Waals surface area contributed by atoms with E-state index in [1.54, 1.807) is 0 Å². The molecule has 2 atom stereocenters. The lowest BCUT2D eigenvalue weighted by atomic mass is 9.87.